The summed E-state index contributed by atoms with van der Waals surface area (Å²) in [4.78, 5) is 11.8. The molecule has 0 unspecified atom stereocenters. The SMILES string of the molecule is O=C(/C=C(\O)CCC1CCC1)CC1CCCCC1. The summed E-state index contributed by atoms with van der Waals surface area (Å²) < 4.78 is 0. The highest BCUT2D eigenvalue weighted by Gasteiger charge is 2.18. The highest BCUT2D eigenvalue weighted by atomic mass is 16.3. The molecular formula is C16H26O2. The van der Waals surface area contributed by atoms with E-state index in [2.05, 4.69) is 0 Å². The summed E-state index contributed by atoms with van der Waals surface area (Å²) in [6, 6.07) is 0. The maximum absolute atomic E-state index is 11.8. The van der Waals surface area contributed by atoms with E-state index in [1.54, 1.807) is 0 Å². The smallest absolute Gasteiger partial charge is 0.159 e. The lowest BCUT2D eigenvalue weighted by atomic mass is 9.82. The van der Waals surface area contributed by atoms with Crippen molar-refractivity contribution >= 4 is 5.78 Å². The first kappa shape index (κ1) is 13.6. The molecule has 1 N–H and O–H groups in total. The molecule has 0 heterocycles. The summed E-state index contributed by atoms with van der Waals surface area (Å²) in [6.07, 6.45) is 14.1. The van der Waals surface area contributed by atoms with Crippen molar-refractivity contribution in [2.75, 3.05) is 0 Å². The Morgan fingerprint density at radius 1 is 1.00 bits per heavy atom. The molecule has 2 heteroatoms. The number of hydrogen-bond acceptors (Lipinski definition) is 2. The molecule has 2 fully saturated rings. The van der Waals surface area contributed by atoms with Gasteiger partial charge in [0.05, 0.1) is 5.76 Å². The van der Waals surface area contributed by atoms with Crippen LogP contribution >= 0.6 is 0 Å². The van der Waals surface area contributed by atoms with Crippen LogP contribution in [0.2, 0.25) is 0 Å². The van der Waals surface area contributed by atoms with Gasteiger partial charge < -0.3 is 5.11 Å². The van der Waals surface area contributed by atoms with Gasteiger partial charge in [-0.2, -0.15) is 0 Å². The molecule has 102 valence electrons. The minimum atomic E-state index is 0.132. The highest BCUT2D eigenvalue weighted by molar-refractivity contribution is 5.90. The lowest BCUT2D eigenvalue weighted by Gasteiger charge is -2.24. The summed E-state index contributed by atoms with van der Waals surface area (Å²) in [6.45, 7) is 0. The Labute approximate surface area is 110 Å². The number of carbonyl (C=O) groups excluding carboxylic acids is 1. The first-order valence-electron chi connectivity index (χ1n) is 7.66. The molecule has 0 aromatic carbocycles. The number of ketones is 1. The highest BCUT2D eigenvalue weighted by Crippen LogP contribution is 2.31. The Morgan fingerprint density at radius 2 is 1.67 bits per heavy atom. The van der Waals surface area contributed by atoms with Crippen molar-refractivity contribution in [3.8, 4) is 0 Å². The summed E-state index contributed by atoms with van der Waals surface area (Å²) in [5.74, 6) is 1.81. The van der Waals surface area contributed by atoms with Crippen LogP contribution in [0.5, 0.6) is 0 Å². The average molecular weight is 250 g/mol. The van der Waals surface area contributed by atoms with Gasteiger partial charge in [-0.25, -0.2) is 0 Å². The third-order valence-corrected chi connectivity index (χ3v) is 4.58. The van der Waals surface area contributed by atoms with E-state index in [1.165, 1.54) is 57.4 Å². The normalized spacial score (nSPS) is 22.8. The first-order chi connectivity index (χ1) is 8.74. The molecule has 18 heavy (non-hydrogen) atoms. The Morgan fingerprint density at radius 3 is 2.28 bits per heavy atom. The van der Waals surface area contributed by atoms with Crippen molar-refractivity contribution in [1.82, 2.24) is 0 Å². The maximum atomic E-state index is 11.8. The standard InChI is InChI=1S/C16H26O2/c17-15(10-9-13-7-4-8-13)12-16(18)11-14-5-2-1-3-6-14/h12-14,17H,1-11H2/b15-12-. The number of allylic oxidation sites excluding steroid dienone is 2. The van der Waals surface area contributed by atoms with Crippen LogP contribution in [0.3, 0.4) is 0 Å². The lowest BCUT2D eigenvalue weighted by molar-refractivity contribution is -0.115. The molecule has 2 aliphatic carbocycles. The van der Waals surface area contributed by atoms with E-state index in [0.29, 0.717) is 24.5 Å². The van der Waals surface area contributed by atoms with Gasteiger partial charge in [-0.1, -0.05) is 51.4 Å². The van der Waals surface area contributed by atoms with E-state index >= 15 is 0 Å². The van der Waals surface area contributed by atoms with E-state index in [0.717, 1.165) is 12.3 Å². The van der Waals surface area contributed by atoms with E-state index in [-0.39, 0.29) is 5.78 Å². The monoisotopic (exact) mass is 250 g/mol. The molecule has 0 amide bonds. The van der Waals surface area contributed by atoms with Crippen molar-refractivity contribution < 1.29 is 9.90 Å². The number of hydrogen-bond donors (Lipinski definition) is 1. The molecular weight excluding hydrogens is 224 g/mol. The minimum Gasteiger partial charge on any atom is -0.512 e. The second-order valence-electron chi connectivity index (χ2n) is 6.15. The van der Waals surface area contributed by atoms with E-state index in [4.69, 9.17) is 0 Å². The molecule has 2 aliphatic rings. The number of aliphatic hydroxyl groups excluding tert-OH is 1. The molecule has 0 aliphatic heterocycles. The largest absolute Gasteiger partial charge is 0.512 e. The van der Waals surface area contributed by atoms with Gasteiger partial charge in [-0.3, -0.25) is 4.79 Å². The maximum Gasteiger partial charge on any atom is 0.159 e. The van der Waals surface area contributed by atoms with Gasteiger partial charge >= 0.3 is 0 Å². The predicted molar refractivity (Wildman–Crippen MR) is 73.5 cm³/mol. The van der Waals surface area contributed by atoms with Gasteiger partial charge in [-0.05, 0) is 18.3 Å². The fourth-order valence-electron chi connectivity index (χ4n) is 3.13. The molecule has 2 nitrogen and oxygen atoms in total. The topological polar surface area (TPSA) is 37.3 Å². The summed E-state index contributed by atoms with van der Waals surface area (Å²) >= 11 is 0. The van der Waals surface area contributed by atoms with Gasteiger partial charge in [0.1, 0.15) is 0 Å². The minimum absolute atomic E-state index is 0.132. The quantitative estimate of drug-likeness (QED) is 0.554. The summed E-state index contributed by atoms with van der Waals surface area (Å²) in [5, 5.41) is 9.76. The van der Waals surface area contributed by atoms with Gasteiger partial charge in [0, 0.05) is 18.9 Å². The van der Waals surface area contributed by atoms with Gasteiger partial charge in [0.15, 0.2) is 5.78 Å². The number of carbonyl (C=O) groups is 1. The number of rotatable bonds is 6. The van der Waals surface area contributed by atoms with E-state index in [9.17, 15) is 9.90 Å². The molecule has 0 bridgehead atoms. The van der Waals surface area contributed by atoms with E-state index in [1.807, 2.05) is 0 Å². The average Bonchev–Trinajstić information content (AvgIpc) is 2.27. The van der Waals surface area contributed by atoms with Crippen molar-refractivity contribution in [2.45, 2.75) is 70.6 Å². The summed E-state index contributed by atoms with van der Waals surface area (Å²) in [7, 11) is 0. The van der Waals surface area contributed by atoms with Crippen LogP contribution in [-0.2, 0) is 4.79 Å². The van der Waals surface area contributed by atoms with Crippen LogP contribution in [-0.4, -0.2) is 10.9 Å². The molecule has 0 spiro atoms. The predicted octanol–water partition coefficient (Wildman–Crippen LogP) is 4.55. The second-order valence-corrected chi connectivity index (χ2v) is 6.15. The fourth-order valence-corrected chi connectivity index (χ4v) is 3.13. The van der Waals surface area contributed by atoms with Crippen LogP contribution in [0.1, 0.15) is 70.6 Å². The fraction of sp³-hybridized carbons (Fsp3) is 0.812. The summed E-state index contributed by atoms with van der Waals surface area (Å²) in [5.41, 5.74) is 0. The number of aliphatic hydroxyl groups is 1. The van der Waals surface area contributed by atoms with Crippen molar-refractivity contribution in [3.63, 3.8) is 0 Å². The zero-order chi connectivity index (χ0) is 12.8. The van der Waals surface area contributed by atoms with Crippen LogP contribution in [0.25, 0.3) is 0 Å². The zero-order valence-electron chi connectivity index (χ0n) is 11.4. The Hall–Kier alpha value is -0.790. The molecule has 0 aromatic heterocycles. The van der Waals surface area contributed by atoms with Gasteiger partial charge in [-0.15, -0.1) is 0 Å². The third kappa shape index (κ3) is 4.47. The Kier molecular flexibility index (Phi) is 5.27. The van der Waals surface area contributed by atoms with Crippen molar-refractivity contribution in [3.05, 3.63) is 11.8 Å². The molecule has 2 saturated carbocycles. The van der Waals surface area contributed by atoms with Crippen LogP contribution in [0.4, 0.5) is 0 Å². The first-order valence-corrected chi connectivity index (χ1v) is 7.66. The van der Waals surface area contributed by atoms with Crippen LogP contribution < -0.4 is 0 Å². The Bertz CT molecular complexity index is 296. The second kappa shape index (κ2) is 6.96. The third-order valence-electron chi connectivity index (χ3n) is 4.58. The van der Waals surface area contributed by atoms with Crippen molar-refractivity contribution in [2.24, 2.45) is 11.8 Å². The Balaban J connectivity index is 1.66. The van der Waals surface area contributed by atoms with E-state index < -0.39 is 0 Å². The van der Waals surface area contributed by atoms with Gasteiger partial charge in [0.2, 0.25) is 0 Å². The molecule has 0 aromatic rings. The molecule has 2 rings (SSSR count). The van der Waals surface area contributed by atoms with Crippen molar-refractivity contribution in [1.29, 1.82) is 0 Å². The lowest BCUT2D eigenvalue weighted by Crippen LogP contribution is -2.12. The molecule has 0 atom stereocenters. The van der Waals surface area contributed by atoms with Crippen LogP contribution in [0, 0.1) is 11.8 Å². The van der Waals surface area contributed by atoms with Crippen LogP contribution in [0.15, 0.2) is 11.8 Å². The van der Waals surface area contributed by atoms with Gasteiger partial charge in [0.25, 0.3) is 0 Å². The zero-order valence-corrected chi connectivity index (χ0v) is 11.4. The molecule has 0 radical (unpaired) electrons. The molecule has 0 saturated heterocycles.